The molecule has 0 saturated heterocycles. The number of benzene rings is 2. The number of carbonyl (C=O) groups excluding carboxylic acids is 2. The van der Waals surface area contributed by atoms with Crippen molar-refractivity contribution < 1.29 is 26.4 Å². The molecule has 5 N–H and O–H groups in total. The molecular formula is C20H19N5O6S2. The molecule has 13 heteroatoms. The molecule has 0 fully saturated rings. The minimum absolute atomic E-state index is 0.0741. The molecule has 0 aliphatic heterocycles. The van der Waals surface area contributed by atoms with E-state index in [-0.39, 0.29) is 27.7 Å². The maximum Gasteiger partial charge on any atom is 0.264 e. The Morgan fingerprint density at radius 3 is 2.06 bits per heavy atom. The second-order valence-corrected chi connectivity index (χ2v) is 10.2. The van der Waals surface area contributed by atoms with Crippen molar-refractivity contribution in [2.24, 2.45) is 5.14 Å². The quantitative estimate of drug-likeness (QED) is 0.399. The van der Waals surface area contributed by atoms with Crippen LogP contribution in [0.1, 0.15) is 23.0 Å². The third-order valence-corrected chi connectivity index (χ3v) is 6.80. The van der Waals surface area contributed by atoms with Gasteiger partial charge in [-0.05, 0) is 29.8 Å². The summed E-state index contributed by atoms with van der Waals surface area (Å²) in [7, 11) is -7.84. The van der Waals surface area contributed by atoms with E-state index in [1.807, 2.05) is 4.72 Å². The third-order valence-electron chi connectivity index (χ3n) is 4.42. The van der Waals surface area contributed by atoms with Crippen molar-refractivity contribution in [2.45, 2.75) is 23.1 Å². The molecule has 1 aromatic heterocycles. The first-order chi connectivity index (χ1) is 15.4. The molecular weight excluding hydrogens is 470 g/mol. The van der Waals surface area contributed by atoms with Crippen LogP contribution in [0.3, 0.4) is 0 Å². The van der Waals surface area contributed by atoms with Gasteiger partial charge in [0.05, 0.1) is 21.7 Å². The van der Waals surface area contributed by atoms with Crippen molar-refractivity contribution in [3.05, 3.63) is 66.0 Å². The Balaban J connectivity index is 1.83. The van der Waals surface area contributed by atoms with Gasteiger partial charge in [-0.25, -0.2) is 36.7 Å². The number of Topliss-reactive ketones (excluding diaryl/α,β-unsaturated/α-hetero) is 1. The summed E-state index contributed by atoms with van der Waals surface area (Å²) in [6, 6.07) is 11.0. The van der Waals surface area contributed by atoms with Crippen LogP contribution in [0.4, 0.5) is 5.82 Å². The number of amides is 1. The summed E-state index contributed by atoms with van der Waals surface area (Å²) >= 11 is 0. The molecule has 0 aliphatic carbocycles. The third kappa shape index (κ3) is 5.77. The summed E-state index contributed by atoms with van der Waals surface area (Å²) in [6.45, 7) is 1.08. The summed E-state index contributed by atoms with van der Waals surface area (Å²) in [5, 5.41) is 5.09. The molecule has 0 unspecified atom stereocenters. The summed E-state index contributed by atoms with van der Waals surface area (Å²) < 4.78 is 48.7. The largest absolute Gasteiger partial charge is 0.382 e. The van der Waals surface area contributed by atoms with Gasteiger partial charge in [-0.3, -0.25) is 9.59 Å². The molecule has 0 saturated carbocycles. The van der Waals surface area contributed by atoms with E-state index in [1.165, 1.54) is 54.7 Å². The first kappa shape index (κ1) is 24.0. The molecule has 0 radical (unpaired) electrons. The zero-order valence-electron chi connectivity index (χ0n) is 17.2. The Morgan fingerprint density at radius 2 is 1.52 bits per heavy atom. The van der Waals surface area contributed by atoms with Crippen LogP contribution in [0.2, 0.25) is 0 Å². The Kier molecular flexibility index (Phi) is 6.58. The summed E-state index contributed by atoms with van der Waals surface area (Å²) in [6.07, 6.45) is 1.22. The lowest BCUT2D eigenvalue weighted by Crippen LogP contribution is -2.28. The van der Waals surface area contributed by atoms with Crippen molar-refractivity contribution in [1.82, 2.24) is 14.7 Å². The highest BCUT2D eigenvalue weighted by molar-refractivity contribution is 7.90. The standard InChI is InChI=1S/C20H19N5O6S2/c1-12(26)25-33(30,31)16-6-2-13(3-7-16)10-18(27)19-20(21)23-11-17(24-19)14-4-8-15(9-5-14)32(22,28)29/h2-9,11H,10H2,1H3,(H2,21,23)(H,25,26)(H2,22,28,29). The van der Waals surface area contributed by atoms with Gasteiger partial charge in [0.2, 0.25) is 15.9 Å². The van der Waals surface area contributed by atoms with E-state index in [1.54, 1.807) is 0 Å². The number of nitrogens with two attached hydrogens (primary N) is 2. The van der Waals surface area contributed by atoms with Gasteiger partial charge >= 0.3 is 0 Å². The van der Waals surface area contributed by atoms with Crippen LogP contribution in [0, 0.1) is 0 Å². The Morgan fingerprint density at radius 1 is 0.939 bits per heavy atom. The first-order valence-electron chi connectivity index (χ1n) is 9.28. The monoisotopic (exact) mass is 489 g/mol. The molecule has 1 heterocycles. The maximum absolute atomic E-state index is 12.8. The van der Waals surface area contributed by atoms with Crippen molar-refractivity contribution in [1.29, 1.82) is 0 Å². The fourth-order valence-electron chi connectivity index (χ4n) is 2.86. The number of primary sulfonamides is 1. The van der Waals surface area contributed by atoms with Gasteiger partial charge < -0.3 is 5.73 Å². The molecule has 1 amide bonds. The average molecular weight is 490 g/mol. The van der Waals surface area contributed by atoms with Gasteiger partial charge in [-0.1, -0.05) is 24.3 Å². The number of nitrogens with one attached hydrogen (secondary N) is 1. The Labute approximate surface area is 190 Å². The van der Waals surface area contributed by atoms with E-state index < -0.39 is 31.7 Å². The molecule has 0 bridgehead atoms. The minimum Gasteiger partial charge on any atom is -0.382 e. The van der Waals surface area contributed by atoms with Gasteiger partial charge in [0.1, 0.15) is 5.69 Å². The zero-order valence-corrected chi connectivity index (χ0v) is 18.9. The van der Waals surface area contributed by atoms with E-state index in [0.717, 1.165) is 6.92 Å². The van der Waals surface area contributed by atoms with Crippen LogP contribution < -0.4 is 15.6 Å². The average Bonchev–Trinajstić information content (AvgIpc) is 2.73. The van der Waals surface area contributed by atoms with Crippen molar-refractivity contribution in [2.75, 3.05) is 5.73 Å². The molecule has 11 nitrogen and oxygen atoms in total. The summed E-state index contributed by atoms with van der Waals surface area (Å²) in [4.78, 5) is 31.9. The first-order valence-corrected chi connectivity index (χ1v) is 12.3. The van der Waals surface area contributed by atoms with E-state index in [4.69, 9.17) is 10.9 Å². The van der Waals surface area contributed by atoms with Crippen molar-refractivity contribution in [3.8, 4) is 11.3 Å². The number of carbonyl (C=O) groups is 2. The van der Waals surface area contributed by atoms with E-state index >= 15 is 0 Å². The van der Waals surface area contributed by atoms with Gasteiger partial charge in [0.15, 0.2) is 11.6 Å². The van der Waals surface area contributed by atoms with Crippen LogP contribution >= 0.6 is 0 Å². The van der Waals surface area contributed by atoms with E-state index in [2.05, 4.69) is 9.97 Å². The zero-order chi connectivity index (χ0) is 24.4. The smallest absolute Gasteiger partial charge is 0.264 e. The number of hydrogen-bond donors (Lipinski definition) is 3. The van der Waals surface area contributed by atoms with Crippen LogP contribution in [-0.2, 0) is 31.3 Å². The number of ketones is 1. The van der Waals surface area contributed by atoms with Gasteiger partial charge in [-0.2, -0.15) is 0 Å². The molecule has 0 spiro atoms. The molecule has 33 heavy (non-hydrogen) atoms. The fourth-order valence-corrected chi connectivity index (χ4v) is 4.37. The highest BCUT2D eigenvalue weighted by Gasteiger charge is 2.18. The number of nitrogens with zero attached hydrogens (tertiary/aromatic N) is 2. The van der Waals surface area contributed by atoms with Crippen LogP contribution in [0.25, 0.3) is 11.3 Å². The van der Waals surface area contributed by atoms with Crippen LogP contribution in [-0.4, -0.2) is 38.5 Å². The topological polar surface area (TPSA) is 192 Å². The fraction of sp³-hybridized carbons (Fsp3) is 0.100. The van der Waals surface area contributed by atoms with Crippen LogP contribution in [0.15, 0.2) is 64.5 Å². The Hall–Kier alpha value is -3.68. The van der Waals surface area contributed by atoms with Gasteiger partial charge in [0.25, 0.3) is 10.0 Å². The maximum atomic E-state index is 12.8. The summed E-state index contributed by atoms with van der Waals surface area (Å²) in [5.41, 5.74) is 7.02. The molecule has 0 atom stereocenters. The SMILES string of the molecule is CC(=O)NS(=O)(=O)c1ccc(CC(=O)c2nc(-c3ccc(S(N)(=O)=O)cc3)cnc2N)cc1. The number of aromatic nitrogens is 2. The highest BCUT2D eigenvalue weighted by atomic mass is 32.2. The highest BCUT2D eigenvalue weighted by Crippen LogP contribution is 2.21. The second kappa shape index (κ2) is 9.05. The van der Waals surface area contributed by atoms with E-state index in [0.29, 0.717) is 16.8 Å². The number of rotatable bonds is 7. The van der Waals surface area contributed by atoms with Gasteiger partial charge in [0, 0.05) is 18.9 Å². The predicted octanol–water partition coefficient (Wildman–Crippen LogP) is 0.623. The number of sulfonamides is 2. The Bertz CT molecular complexity index is 1440. The molecule has 3 aromatic rings. The molecule has 2 aromatic carbocycles. The minimum atomic E-state index is -3.98. The van der Waals surface area contributed by atoms with Crippen molar-refractivity contribution >= 4 is 37.6 Å². The second-order valence-electron chi connectivity index (χ2n) is 6.96. The number of anilines is 1. The lowest BCUT2D eigenvalue weighted by atomic mass is 10.1. The summed E-state index contributed by atoms with van der Waals surface area (Å²) in [5.74, 6) is -1.27. The molecule has 0 aliphatic rings. The molecule has 3 rings (SSSR count). The van der Waals surface area contributed by atoms with Crippen molar-refractivity contribution in [3.63, 3.8) is 0 Å². The van der Waals surface area contributed by atoms with Crippen LogP contribution in [0.5, 0.6) is 0 Å². The predicted molar refractivity (Wildman–Crippen MR) is 119 cm³/mol. The molecule has 172 valence electrons. The number of hydrogen-bond acceptors (Lipinski definition) is 9. The number of nitrogen functional groups attached to an aromatic ring is 1. The van der Waals surface area contributed by atoms with Gasteiger partial charge in [-0.15, -0.1) is 0 Å². The van der Waals surface area contributed by atoms with E-state index in [9.17, 15) is 26.4 Å². The lowest BCUT2D eigenvalue weighted by Gasteiger charge is -2.08. The lowest BCUT2D eigenvalue weighted by molar-refractivity contribution is -0.117. The normalized spacial score (nSPS) is 11.7.